The van der Waals surface area contributed by atoms with Crippen LogP contribution in [0.15, 0.2) is 24.3 Å². The SMILES string of the molecule is CCC(CC)(CN)C(=O)Nc1cccc(NC(=O)C2CCCCC2)c1. The number of carbonyl (C=O) groups excluding carboxylic acids is 2. The maximum absolute atomic E-state index is 12.6. The first kappa shape index (κ1) is 19.4. The first-order valence-corrected chi connectivity index (χ1v) is 9.47. The topological polar surface area (TPSA) is 84.2 Å². The fraction of sp³-hybridized carbons (Fsp3) is 0.600. The van der Waals surface area contributed by atoms with Crippen LogP contribution >= 0.6 is 0 Å². The lowest BCUT2D eigenvalue weighted by Gasteiger charge is -2.28. The summed E-state index contributed by atoms with van der Waals surface area (Å²) in [6.07, 6.45) is 6.81. The van der Waals surface area contributed by atoms with E-state index >= 15 is 0 Å². The Labute approximate surface area is 150 Å². The van der Waals surface area contributed by atoms with Gasteiger partial charge in [-0.25, -0.2) is 0 Å². The number of amides is 2. The molecule has 1 aromatic carbocycles. The minimum atomic E-state index is -0.540. The summed E-state index contributed by atoms with van der Waals surface area (Å²) in [7, 11) is 0. The van der Waals surface area contributed by atoms with Crippen molar-refractivity contribution in [3.63, 3.8) is 0 Å². The Kier molecular flexibility index (Phi) is 7.00. The zero-order valence-electron chi connectivity index (χ0n) is 15.4. The third kappa shape index (κ3) is 4.82. The molecule has 0 bridgehead atoms. The third-order valence-corrected chi connectivity index (χ3v) is 5.59. The lowest BCUT2D eigenvalue weighted by molar-refractivity contribution is -0.125. The van der Waals surface area contributed by atoms with Gasteiger partial charge in [0.15, 0.2) is 0 Å². The van der Waals surface area contributed by atoms with E-state index in [1.165, 1.54) is 6.42 Å². The molecule has 0 atom stereocenters. The second-order valence-electron chi connectivity index (χ2n) is 7.05. The average molecular weight is 345 g/mol. The molecule has 0 unspecified atom stereocenters. The van der Waals surface area contributed by atoms with E-state index in [4.69, 9.17) is 5.73 Å². The van der Waals surface area contributed by atoms with E-state index in [1.807, 2.05) is 38.1 Å². The second-order valence-corrected chi connectivity index (χ2v) is 7.05. The van der Waals surface area contributed by atoms with E-state index in [-0.39, 0.29) is 17.7 Å². The highest BCUT2D eigenvalue weighted by atomic mass is 16.2. The zero-order chi connectivity index (χ0) is 18.3. The highest BCUT2D eigenvalue weighted by molar-refractivity contribution is 5.97. The summed E-state index contributed by atoms with van der Waals surface area (Å²) in [5.41, 5.74) is 6.71. The minimum absolute atomic E-state index is 0.0595. The minimum Gasteiger partial charge on any atom is -0.329 e. The van der Waals surface area contributed by atoms with Crippen LogP contribution < -0.4 is 16.4 Å². The number of carbonyl (C=O) groups is 2. The largest absolute Gasteiger partial charge is 0.329 e. The van der Waals surface area contributed by atoms with Gasteiger partial charge in [-0.2, -0.15) is 0 Å². The van der Waals surface area contributed by atoms with Crippen molar-refractivity contribution in [1.29, 1.82) is 0 Å². The lowest BCUT2D eigenvalue weighted by atomic mass is 9.81. The highest BCUT2D eigenvalue weighted by Gasteiger charge is 2.33. The normalized spacial score (nSPS) is 15.6. The first-order chi connectivity index (χ1) is 12.0. The molecule has 138 valence electrons. The van der Waals surface area contributed by atoms with Crippen LogP contribution in [0.1, 0.15) is 58.8 Å². The molecule has 0 aromatic heterocycles. The molecule has 0 saturated heterocycles. The molecule has 0 heterocycles. The Morgan fingerprint density at radius 2 is 1.68 bits per heavy atom. The van der Waals surface area contributed by atoms with Crippen LogP contribution in [-0.4, -0.2) is 18.4 Å². The number of anilines is 2. The van der Waals surface area contributed by atoms with E-state index < -0.39 is 5.41 Å². The van der Waals surface area contributed by atoms with Gasteiger partial charge in [-0.3, -0.25) is 9.59 Å². The predicted molar refractivity (Wildman–Crippen MR) is 102 cm³/mol. The first-order valence-electron chi connectivity index (χ1n) is 9.47. The van der Waals surface area contributed by atoms with Crippen molar-refractivity contribution in [2.75, 3.05) is 17.2 Å². The molecule has 25 heavy (non-hydrogen) atoms. The summed E-state index contributed by atoms with van der Waals surface area (Å²) >= 11 is 0. The molecule has 1 saturated carbocycles. The molecule has 5 heteroatoms. The summed E-state index contributed by atoms with van der Waals surface area (Å²) in [5.74, 6) is 0.134. The number of hydrogen-bond acceptors (Lipinski definition) is 3. The van der Waals surface area contributed by atoms with Gasteiger partial charge in [0.2, 0.25) is 11.8 Å². The smallest absolute Gasteiger partial charge is 0.231 e. The Balaban J connectivity index is 2.03. The van der Waals surface area contributed by atoms with Gasteiger partial charge in [0.1, 0.15) is 0 Å². The van der Waals surface area contributed by atoms with Crippen LogP contribution in [0.3, 0.4) is 0 Å². The van der Waals surface area contributed by atoms with Crippen molar-refractivity contribution in [1.82, 2.24) is 0 Å². The Hall–Kier alpha value is -1.88. The molecule has 1 aliphatic carbocycles. The van der Waals surface area contributed by atoms with Crippen LogP contribution in [0.5, 0.6) is 0 Å². The Morgan fingerprint density at radius 1 is 1.08 bits per heavy atom. The molecule has 5 nitrogen and oxygen atoms in total. The van der Waals surface area contributed by atoms with Crippen molar-refractivity contribution in [2.45, 2.75) is 58.8 Å². The molecular formula is C20H31N3O2. The van der Waals surface area contributed by atoms with Gasteiger partial charge in [-0.15, -0.1) is 0 Å². The fourth-order valence-electron chi connectivity index (χ4n) is 3.50. The van der Waals surface area contributed by atoms with Crippen LogP contribution in [-0.2, 0) is 9.59 Å². The molecule has 1 aliphatic rings. The average Bonchev–Trinajstić information content (AvgIpc) is 2.64. The summed E-state index contributed by atoms with van der Waals surface area (Å²) in [5, 5.41) is 5.95. The zero-order valence-corrected chi connectivity index (χ0v) is 15.4. The highest BCUT2D eigenvalue weighted by Crippen LogP contribution is 2.28. The van der Waals surface area contributed by atoms with Crippen LogP contribution in [0.25, 0.3) is 0 Å². The van der Waals surface area contributed by atoms with Gasteiger partial charge in [-0.1, -0.05) is 39.2 Å². The fourth-order valence-corrected chi connectivity index (χ4v) is 3.50. The molecule has 2 amide bonds. The summed E-state index contributed by atoms with van der Waals surface area (Å²) < 4.78 is 0. The second kappa shape index (κ2) is 8.99. The number of hydrogen-bond donors (Lipinski definition) is 3. The van der Waals surface area contributed by atoms with Crippen molar-refractivity contribution in [3.8, 4) is 0 Å². The van der Waals surface area contributed by atoms with Crippen LogP contribution in [0, 0.1) is 11.3 Å². The van der Waals surface area contributed by atoms with E-state index in [9.17, 15) is 9.59 Å². The quantitative estimate of drug-likeness (QED) is 0.700. The standard InChI is InChI=1S/C20H31N3O2/c1-3-20(4-2,14-21)19(25)23-17-12-8-11-16(13-17)22-18(24)15-9-6-5-7-10-15/h8,11-13,15H,3-7,9-10,14,21H2,1-2H3,(H,22,24)(H,23,25). The summed E-state index contributed by atoms with van der Waals surface area (Å²) in [4.78, 5) is 25.0. The van der Waals surface area contributed by atoms with Crippen LogP contribution in [0.2, 0.25) is 0 Å². The summed E-state index contributed by atoms with van der Waals surface area (Å²) in [6.45, 7) is 4.29. The monoisotopic (exact) mass is 345 g/mol. The van der Waals surface area contributed by atoms with Crippen molar-refractivity contribution < 1.29 is 9.59 Å². The van der Waals surface area contributed by atoms with Crippen molar-refractivity contribution >= 4 is 23.2 Å². The lowest BCUT2D eigenvalue weighted by Crippen LogP contribution is -2.41. The van der Waals surface area contributed by atoms with Gasteiger partial charge in [-0.05, 0) is 43.9 Å². The maximum Gasteiger partial charge on any atom is 0.231 e. The van der Waals surface area contributed by atoms with Crippen molar-refractivity contribution in [3.05, 3.63) is 24.3 Å². The van der Waals surface area contributed by atoms with Gasteiger partial charge < -0.3 is 16.4 Å². The summed E-state index contributed by atoms with van der Waals surface area (Å²) in [6, 6.07) is 7.34. The molecule has 0 radical (unpaired) electrons. The molecular weight excluding hydrogens is 314 g/mol. The third-order valence-electron chi connectivity index (χ3n) is 5.59. The van der Waals surface area contributed by atoms with Gasteiger partial charge >= 0.3 is 0 Å². The molecule has 0 aliphatic heterocycles. The van der Waals surface area contributed by atoms with E-state index in [0.29, 0.717) is 25.1 Å². The number of nitrogens with one attached hydrogen (secondary N) is 2. The molecule has 1 aromatic rings. The van der Waals surface area contributed by atoms with Gasteiger partial charge in [0, 0.05) is 23.8 Å². The number of rotatable bonds is 7. The Bertz CT molecular complexity index is 582. The molecule has 4 N–H and O–H groups in total. The van der Waals surface area contributed by atoms with E-state index in [0.717, 1.165) is 31.4 Å². The van der Waals surface area contributed by atoms with E-state index in [1.54, 1.807) is 0 Å². The van der Waals surface area contributed by atoms with Gasteiger partial charge in [0.05, 0.1) is 5.41 Å². The maximum atomic E-state index is 12.6. The Morgan fingerprint density at radius 3 is 2.24 bits per heavy atom. The number of benzene rings is 1. The van der Waals surface area contributed by atoms with Crippen LogP contribution in [0.4, 0.5) is 11.4 Å². The van der Waals surface area contributed by atoms with Gasteiger partial charge in [0.25, 0.3) is 0 Å². The molecule has 2 rings (SSSR count). The predicted octanol–water partition coefficient (Wildman–Crippen LogP) is 3.91. The number of nitrogens with two attached hydrogens (primary N) is 1. The molecule has 0 spiro atoms. The van der Waals surface area contributed by atoms with E-state index in [2.05, 4.69) is 10.6 Å². The molecule has 1 fully saturated rings. The van der Waals surface area contributed by atoms with Crippen molar-refractivity contribution in [2.24, 2.45) is 17.1 Å².